The number of carbonyl (C=O) groups is 1. The molecule has 3 atom stereocenters. The Morgan fingerprint density at radius 3 is 2.60 bits per heavy atom. The summed E-state index contributed by atoms with van der Waals surface area (Å²) in [6.07, 6.45) is 9.31. The van der Waals surface area contributed by atoms with Gasteiger partial charge in [0.1, 0.15) is 0 Å². The number of para-hydroxylation sites is 1. The molecule has 2 fully saturated rings. The normalized spacial score (nSPS) is 22.6. The predicted molar refractivity (Wildman–Crippen MR) is 140 cm³/mol. The van der Waals surface area contributed by atoms with E-state index >= 15 is 0 Å². The number of benzene rings is 2. The number of piperidine rings is 1. The van der Waals surface area contributed by atoms with Crippen LogP contribution < -0.4 is 15.5 Å². The third kappa shape index (κ3) is 5.36. The van der Waals surface area contributed by atoms with E-state index in [0.717, 1.165) is 55.2 Å². The van der Waals surface area contributed by atoms with Gasteiger partial charge in [0, 0.05) is 61.0 Å². The summed E-state index contributed by atoms with van der Waals surface area (Å²) in [5.41, 5.74) is 4.13. The van der Waals surface area contributed by atoms with Gasteiger partial charge in [-0.3, -0.25) is 4.79 Å². The molecule has 2 N–H and O–H groups in total. The van der Waals surface area contributed by atoms with Crippen LogP contribution in [0.2, 0.25) is 0 Å². The zero-order valence-corrected chi connectivity index (χ0v) is 20.5. The first-order valence-electron chi connectivity index (χ1n) is 12.9. The number of nitriles is 1. The van der Waals surface area contributed by atoms with Crippen LogP contribution in [0.25, 0.3) is 10.9 Å². The topological polar surface area (TPSA) is 73.1 Å². The van der Waals surface area contributed by atoms with Crippen LogP contribution in [0.5, 0.6) is 0 Å². The average molecular weight is 470 g/mol. The first-order chi connectivity index (χ1) is 17.1. The number of hydrogen-bond donors (Lipinski definition) is 2. The molecule has 1 aromatic heterocycles. The van der Waals surface area contributed by atoms with E-state index in [1.54, 1.807) is 0 Å². The lowest BCUT2D eigenvalue weighted by Crippen LogP contribution is -2.57. The van der Waals surface area contributed by atoms with Crippen LogP contribution in [0, 0.1) is 11.3 Å². The van der Waals surface area contributed by atoms with Gasteiger partial charge in [0.25, 0.3) is 0 Å². The van der Waals surface area contributed by atoms with Gasteiger partial charge in [0.05, 0.1) is 18.1 Å². The third-order valence-corrected chi connectivity index (χ3v) is 7.68. The van der Waals surface area contributed by atoms with E-state index in [4.69, 9.17) is 5.26 Å². The molecule has 5 rings (SSSR count). The number of fused-ring (bicyclic) bond motifs is 1. The lowest BCUT2D eigenvalue weighted by Gasteiger charge is -2.40. The van der Waals surface area contributed by atoms with E-state index in [0.29, 0.717) is 24.1 Å². The Bertz CT molecular complexity index is 1210. The molecular weight excluding hydrogens is 434 g/mol. The van der Waals surface area contributed by atoms with Crippen molar-refractivity contribution in [2.24, 2.45) is 7.05 Å². The number of carbonyl (C=O) groups excluding carboxylic acids is 1. The molecule has 1 unspecified atom stereocenters. The van der Waals surface area contributed by atoms with Gasteiger partial charge in [-0.1, -0.05) is 31.0 Å². The minimum atomic E-state index is 0.114. The second-order valence-electron chi connectivity index (χ2n) is 10.1. The minimum absolute atomic E-state index is 0.114. The SMILES string of the molecule is Cn1cc(CC(=O)N[C@@H]2CCCC[C@H]2NC2CCCN(c3ccc(C#N)cc3)C2)c2ccccc21. The van der Waals surface area contributed by atoms with Crippen LogP contribution in [0.4, 0.5) is 5.69 Å². The van der Waals surface area contributed by atoms with Crippen LogP contribution in [0.3, 0.4) is 0 Å². The molecule has 2 aromatic carbocycles. The molecule has 35 heavy (non-hydrogen) atoms. The second kappa shape index (κ2) is 10.5. The smallest absolute Gasteiger partial charge is 0.224 e. The van der Waals surface area contributed by atoms with Crippen molar-refractivity contribution in [2.45, 2.75) is 63.1 Å². The fourth-order valence-corrected chi connectivity index (χ4v) is 5.90. The lowest BCUT2D eigenvalue weighted by molar-refractivity contribution is -0.121. The molecule has 3 aromatic rings. The molecule has 1 aliphatic carbocycles. The fourth-order valence-electron chi connectivity index (χ4n) is 5.90. The number of aromatic nitrogens is 1. The summed E-state index contributed by atoms with van der Waals surface area (Å²) in [5, 5.41) is 17.5. The lowest BCUT2D eigenvalue weighted by atomic mass is 9.88. The van der Waals surface area contributed by atoms with Crippen molar-refractivity contribution in [3.05, 3.63) is 65.9 Å². The zero-order valence-electron chi connectivity index (χ0n) is 20.5. The van der Waals surface area contributed by atoms with Crippen LogP contribution in [0.1, 0.15) is 49.7 Å². The maximum absolute atomic E-state index is 13.1. The van der Waals surface area contributed by atoms with E-state index in [1.165, 1.54) is 18.5 Å². The molecule has 1 saturated carbocycles. The van der Waals surface area contributed by atoms with Crippen LogP contribution in [0.15, 0.2) is 54.7 Å². The molecule has 2 aliphatic rings. The van der Waals surface area contributed by atoms with Gasteiger partial charge in [-0.25, -0.2) is 0 Å². The molecule has 6 heteroatoms. The van der Waals surface area contributed by atoms with Crippen molar-refractivity contribution >= 4 is 22.5 Å². The number of rotatable bonds is 6. The maximum Gasteiger partial charge on any atom is 0.224 e. The molecule has 0 spiro atoms. The highest BCUT2D eigenvalue weighted by molar-refractivity contribution is 5.89. The number of nitrogens with one attached hydrogen (secondary N) is 2. The summed E-state index contributed by atoms with van der Waals surface area (Å²) in [5.74, 6) is 0.114. The summed E-state index contributed by atoms with van der Waals surface area (Å²) in [6, 6.07) is 19.3. The Kier molecular flexibility index (Phi) is 7.06. The van der Waals surface area contributed by atoms with Crippen molar-refractivity contribution in [2.75, 3.05) is 18.0 Å². The summed E-state index contributed by atoms with van der Waals surface area (Å²) in [6.45, 7) is 2.00. The third-order valence-electron chi connectivity index (χ3n) is 7.68. The van der Waals surface area contributed by atoms with E-state index in [2.05, 4.69) is 56.6 Å². The number of nitrogens with zero attached hydrogens (tertiary/aromatic N) is 3. The molecule has 1 amide bonds. The summed E-state index contributed by atoms with van der Waals surface area (Å²) in [4.78, 5) is 15.5. The van der Waals surface area contributed by atoms with Crippen molar-refractivity contribution in [3.63, 3.8) is 0 Å². The van der Waals surface area contributed by atoms with Gasteiger partial charge >= 0.3 is 0 Å². The van der Waals surface area contributed by atoms with Gasteiger partial charge < -0.3 is 20.1 Å². The van der Waals surface area contributed by atoms with Gasteiger partial charge in [0.15, 0.2) is 0 Å². The van der Waals surface area contributed by atoms with Gasteiger partial charge in [-0.2, -0.15) is 5.26 Å². The molecule has 1 aliphatic heterocycles. The zero-order chi connectivity index (χ0) is 24.2. The molecule has 1 saturated heterocycles. The minimum Gasteiger partial charge on any atom is -0.370 e. The predicted octanol–water partition coefficient (Wildman–Crippen LogP) is 4.28. The highest BCUT2D eigenvalue weighted by Crippen LogP contribution is 2.25. The van der Waals surface area contributed by atoms with Crippen molar-refractivity contribution in [3.8, 4) is 6.07 Å². The van der Waals surface area contributed by atoms with Gasteiger partial charge in [0.2, 0.25) is 5.91 Å². The Balaban J connectivity index is 1.20. The van der Waals surface area contributed by atoms with E-state index < -0.39 is 0 Å². The van der Waals surface area contributed by atoms with Crippen LogP contribution in [-0.2, 0) is 18.3 Å². The molecule has 6 nitrogen and oxygen atoms in total. The quantitative estimate of drug-likeness (QED) is 0.565. The molecule has 2 heterocycles. The summed E-state index contributed by atoms with van der Waals surface area (Å²) >= 11 is 0. The first kappa shape index (κ1) is 23.4. The van der Waals surface area contributed by atoms with E-state index in [1.807, 2.05) is 31.3 Å². The highest BCUT2D eigenvalue weighted by Gasteiger charge is 2.30. The van der Waals surface area contributed by atoms with Crippen LogP contribution in [-0.4, -0.2) is 41.7 Å². The van der Waals surface area contributed by atoms with Crippen molar-refractivity contribution < 1.29 is 4.79 Å². The van der Waals surface area contributed by atoms with E-state index in [9.17, 15) is 4.79 Å². The Morgan fingerprint density at radius 2 is 1.80 bits per heavy atom. The summed E-state index contributed by atoms with van der Waals surface area (Å²) in [7, 11) is 2.04. The number of amides is 1. The molecule has 182 valence electrons. The van der Waals surface area contributed by atoms with Crippen molar-refractivity contribution in [1.29, 1.82) is 5.26 Å². The maximum atomic E-state index is 13.1. The van der Waals surface area contributed by atoms with E-state index in [-0.39, 0.29) is 11.9 Å². The van der Waals surface area contributed by atoms with Crippen LogP contribution >= 0.6 is 0 Å². The van der Waals surface area contributed by atoms with Gasteiger partial charge in [-0.15, -0.1) is 0 Å². The Morgan fingerprint density at radius 1 is 1.03 bits per heavy atom. The largest absolute Gasteiger partial charge is 0.370 e. The Hall–Kier alpha value is -3.30. The van der Waals surface area contributed by atoms with Gasteiger partial charge in [-0.05, 0) is 61.6 Å². The average Bonchev–Trinajstić information content (AvgIpc) is 3.20. The number of anilines is 1. The fraction of sp³-hybridized carbons (Fsp3) is 0.448. The van der Waals surface area contributed by atoms with Crippen molar-refractivity contribution in [1.82, 2.24) is 15.2 Å². The molecular formula is C29H35N5O. The highest BCUT2D eigenvalue weighted by atomic mass is 16.1. The Labute approximate surface area is 207 Å². The molecule has 0 radical (unpaired) electrons. The molecule has 0 bridgehead atoms. The number of hydrogen-bond acceptors (Lipinski definition) is 4. The first-order valence-corrected chi connectivity index (χ1v) is 12.9. The summed E-state index contributed by atoms with van der Waals surface area (Å²) < 4.78 is 2.10. The number of aryl methyl sites for hydroxylation is 1. The monoisotopic (exact) mass is 469 g/mol. The standard InChI is InChI=1S/C29H35N5O/c1-33-19-22(25-8-2-5-11-28(25)33)17-29(35)32-27-10-4-3-9-26(27)31-23-7-6-16-34(20-23)24-14-12-21(18-30)13-15-24/h2,5,8,11-15,19,23,26-27,31H,3-4,6-7,9-10,16-17,20H2,1H3,(H,32,35)/t23?,26-,27-/m1/s1. The second-order valence-corrected chi connectivity index (χ2v) is 10.1.